The number of aromatic nitrogens is 2. The summed E-state index contributed by atoms with van der Waals surface area (Å²) in [5, 5.41) is 0. The van der Waals surface area contributed by atoms with Crippen LogP contribution < -0.4 is 0 Å². The second kappa shape index (κ2) is 10.2. The quantitative estimate of drug-likeness (QED) is 0.555. The highest BCUT2D eigenvalue weighted by Crippen LogP contribution is 2.24. The lowest BCUT2D eigenvalue weighted by Crippen LogP contribution is -2.46. The van der Waals surface area contributed by atoms with E-state index < -0.39 is 0 Å². The highest BCUT2D eigenvalue weighted by molar-refractivity contribution is 5.63. The minimum Gasteiger partial charge on any atom is -0.301 e. The van der Waals surface area contributed by atoms with Crippen molar-refractivity contribution in [3.05, 3.63) is 82.8 Å². The van der Waals surface area contributed by atoms with Crippen LogP contribution in [0.5, 0.6) is 0 Å². The summed E-state index contributed by atoms with van der Waals surface area (Å²) in [6, 6.07) is 13.2. The molecule has 0 atom stereocenters. The molecule has 0 unspecified atom stereocenters. The second-order valence-electron chi connectivity index (χ2n) is 8.86. The minimum atomic E-state index is 1.00. The third kappa shape index (κ3) is 5.78. The van der Waals surface area contributed by atoms with Gasteiger partial charge in [-0.05, 0) is 104 Å². The lowest BCUT2D eigenvalue weighted by molar-refractivity contribution is 0.126. The molecular weight excluding hydrogens is 380 g/mol. The first-order valence-corrected chi connectivity index (χ1v) is 11.5. The van der Waals surface area contributed by atoms with Crippen LogP contribution in [-0.4, -0.2) is 52.5 Å². The summed E-state index contributed by atoms with van der Waals surface area (Å²) >= 11 is 0. The molecule has 162 valence electrons. The Morgan fingerprint density at radius 1 is 0.774 bits per heavy atom. The molecule has 0 N–H and O–H groups in total. The molecule has 2 aromatic heterocycles. The summed E-state index contributed by atoms with van der Waals surface area (Å²) in [6.45, 7) is 13.3. The number of nitrogens with zero attached hydrogens (tertiary/aromatic N) is 4. The van der Waals surface area contributed by atoms with Gasteiger partial charge >= 0.3 is 0 Å². The van der Waals surface area contributed by atoms with Crippen molar-refractivity contribution in [2.75, 3.05) is 32.7 Å². The average Bonchev–Trinajstić information content (AvgIpc) is 2.79. The molecule has 3 heterocycles. The fourth-order valence-corrected chi connectivity index (χ4v) is 4.40. The summed E-state index contributed by atoms with van der Waals surface area (Å²) in [5.41, 5.74) is 9.09. The van der Waals surface area contributed by atoms with Crippen molar-refractivity contribution in [3.8, 4) is 11.3 Å². The third-order valence-electron chi connectivity index (χ3n) is 6.61. The SMILES string of the molecule is Cc1cc(-c2cc(CN3CCN(CCCc4ccncc4)CC3)ccn2)cc(C)c1C. The second-order valence-corrected chi connectivity index (χ2v) is 8.86. The molecule has 0 saturated carbocycles. The number of hydrogen-bond donors (Lipinski definition) is 0. The van der Waals surface area contributed by atoms with Gasteiger partial charge < -0.3 is 4.90 Å². The van der Waals surface area contributed by atoms with Crippen LogP contribution in [0, 0.1) is 20.8 Å². The third-order valence-corrected chi connectivity index (χ3v) is 6.61. The Morgan fingerprint density at radius 3 is 2.13 bits per heavy atom. The van der Waals surface area contributed by atoms with E-state index in [0.29, 0.717) is 0 Å². The summed E-state index contributed by atoms with van der Waals surface area (Å²) in [5.74, 6) is 0. The van der Waals surface area contributed by atoms with Crippen LogP contribution in [0.15, 0.2) is 55.0 Å². The maximum absolute atomic E-state index is 4.65. The maximum Gasteiger partial charge on any atom is 0.0705 e. The summed E-state index contributed by atoms with van der Waals surface area (Å²) in [7, 11) is 0. The van der Waals surface area contributed by atoms with Crippen molar-refractivity contribution in [3.63, 3.8) is 0 Å². The molecule has 0 radical (unpaired) electrons. The molecule has 31 heavy (non-hydrogen) atoms. The fourth-order valence-electron chi connectivity index (χ4n) is 4.40. The van der Waals surface area contributed by atoms with E-state index in [-0.39, 0.29) is 0 Å². The molecule has 1 saturated heterocycles. The highest BCUT2D eigenvalue weighted by atomic mass is 15.3. The maximum atomic E-state index is 4.65. The Hall–Kier alpha value is -2.56. The number of aryl methyl sites for hydroxylation is 3. The van der Waals surface area contributed by atoms with Gasteiger partial charge in [-0.25, -0.2) is 0 Å². The van der Waals surface area contributed by atoms with Crippen molar-refractivity contribution < 1.29 is 0 Å². The molecule has 3 aromatic rings. The first-order valence-electron chi connectivity index (χ1n) is 11.5. The molecular formula is C27H34N4. The van der Waals surface area contributed by atoms with E-state index in [1.807, 2.05) is 18.6 Å². The lowest BCUT2D eigenvalue weighted by Gasteiger charge is -2.34. The Labute approximate surface area is 187 Å². The van der Waals surface area contributed by atoms with Gasteiger partial charge in [0.2, 0.25) is 0 Å². The van der Waals surface area contributed by atoms with E-state index >= 15 is 0 Å². The summed E-state index contributed by atoms with van der Waals surface area (Å²) in [6.07, 6.45) is 8.09. The van der Waals surface area contributed by atoms with Crippen molar-refractivity contribution >= 4 is 0 Å². The van der Waals surface area contributed by atoms with Crippen LogP contribution in [0.2, 0.25) is 0 Å². The number of hydrogen-bond acceptors (Lipinski definition) is 4. The van der Waals surface area contributed by atoms with Gasteiger partial charge in [0.15, 0.2) is 0 Å². The van der Waals surface area contributed by atoms with Crippen LogP contribution in [0.3, 0.4) is 0 Å². The molecule has 0 spiro atoms. The zero-order chi connectivity index (χ0) is 21.6. The largest absolute Gasteiger partial charge is 0.301 e. The number of pyridine rings is 2. The van der Waals surface area contributed by atoms with Gasteiger partial charge in [0.1, 0.15) is 0 Å². The fraction of sp³-hybridized carbons (Fsp3) is 0.407. The van der Waals surface area contributed by atoms with Crippen molar-refractivity contribution in [2.24, 2.45) is 0 Å². The molecule has 4 nitrogen and oxygen atoms in total. The number of rotatable bonds is 7. The standard InChI is InChI=1S/C27H34N4/c1-21-17-26(18-22(2)23(21)3)27-19-25(8-11-29-27)20-31-15-13-30(14-16-31)12-4-5-24-6-9-28-10-7-24/h6-11,17-19H,4-5,12-16,20H2,1-3H3. The Morgan fingerprint density at radius 2 is 1.42 bits per heavy atom. The summed E-state index contributed by atoms with van der Waals surface area (Å²) < 4.78 is 0. The lowest BCUT2D eigenvalue weighted by atomic mass is 9.98. The van der Waals surface area contributed by atoms with Gasteiger partial charge in [-0.2, -0.15) is 0 Å². The molecule has 4 heteroatoms. The van der Waals surface area contributed by atoms with Gasteiger partial charge in [-0.15, -0.1) is 0 Å². The van der Waals surface area contributed by atoms with E-state index in [4.69, 9.17) is 0 Å². The van der Waals surface area contributed by atoms with Crippen LogP contribution in [0.25, 0.3) is 11.3 Å². The number of benzene rings is 1. The normalized spacial score (nSPS) is 15.3. The molecule has 1 aliphatic heterocycles. The van der Waals surface area contributed by atoms with Gasteiger partial charge in [-0.1, -0.05) is 0 Å². The molecule has 0 bridgehead atoms. The highest BCUT2D eigenvalue weighted by Gasteiger charge is 2.17. The molecule has 1 aromatic carbocycles. The monoisotopic (exact) mass is 414 g/mol. The number of piperazine rings is 1. The molecule has 0 amide bonds. The van der Waals surface area contributed by atoms with Crippen molar-refractivity contribution in [2.45, 2.75) is 40.2 Å². The zero-order valence-corrected chi connectivity index (χ0v) is 19.1. The predicted octanol–water partition coefficient (Wildman–Crippen LogP) is 4.82. The van der Waals surface area contributed by atoms with Gasteiger partial charge in [0.25, 0.3) is 0 Å². The van der Waals surface area contributed by atoms with E-state index in [2.05, 4.69) is 76.9 Å². The first kappa shape index (κ1) is 21.7. The van der Waals surface area contributed by atoms with Gasteiger partial charge in [0, 0.05) is 56.9 Å². The smallest absolute Gasteiger partial charge is 0.0705 e. The summed E-state index contributed by atoms with van der Waals surface area (Å²) in [4.78, 5) is 13.9. The molecule has 4 rings (SSSR count). The van der Waals surface area contributed by atoms with Gasteiger partial charge in [0.05, 0.1) is 5.69 Å². The van der Waals surface area contributed by atoms with Crippen LogP contribution in [0.4, 0.5) is 0 Å². The topological polar surface area (TPSA) is 32.3 Å². The molecule has 1 aliphatic rings. The first-order chi connectivity index (χ1) is 15.1. The van der Waals surface area contributed by atoms with Crippen LogP contribution >= 0.6 is 0 Å². The van der Waals surface area contributed by atoms with Gasteiger partial charge in [-0.3, -0.25) is 14.9 Å². The Balaban J connectivity index is 1.28. The van der Waals surface area contributed by atoms with Crippen LogP contribution in [0.1, 0.15) is 34.2 Å². The van der Waals surface area contributed by atoms with E-state index in [1.165, 1.54) is 46.3 Å². The van der Waals surface area contributed by atoms with Crippen LogP contribution in [-0.2, 0) is 13.0 Å². The average molecular weight is 415 g/mol. The zero-order valence-electron chi connectivity index (χ0n) is 19.1. The van der Waals surface area contributed by atoms with Crippen molar-refractivity contribution in [1.29, 1.82) is 0 Å². The molecule has 0 aliphatic carbocycles. The minimum absolute atomic E-state index is 1.00. The van der Waals surface area contributed by atoms with E-state index in [0.717, 1.165) is 44.8 Å². The Kier molecular flexibility index (Phi) is 7.10. The van der Waals surface area contributed by atoms with E-state index in [1.54, 1.807) is 0 Å². The van der Waals surface area contributed by atoms with E-state index in [9.17, 15) is 0 Å². The Bertz CT molecular complexity index is 968. The predicted molar refractivity (Wildman–Crippen MR) is 128 cm³/mol. The molecule has 1 fully saturated rings. The van der Waals surface area contributed by atoms with Crippen molar-refractivity contribution in [1.82, 2.24) is 19.8 Å².